The number of fused-ring (bicyclic) bond motifs is 1. The fraction of sp³-hybridized carbons (Fsp3) is 0.464. The molecule has 0 bridgehead atoms. The van der Waals surface area contributed by atoms with Gasteiger partial charge in [0.15, 0.2) is 5.82 Å². The monoisotopic (exact) mass is 567 g/mol. The van der Waals surface area contributed by atoms with Gasteiger partial charge in [0.25, 0.3) is 0 Å². The molecule has 3 aromatic heterocycles. The maximum atomic E-state index is 12.7. The standard InChI is InChI=1S/C28H37N5O4SSi/c1-20(21-5-7-25-26(15-21)38-28(35)32(25)19-36-13-14-39(2,3)4)24-9-10-33(30-24)27-8-6-22(16-29-27)31-11-12-37-23(17-31)18-34/h5-10,15-16,20,23,34H,11-14,17-19H2,1-4H3/q-1. The first kappa shape index (κ1) is 27.7. The lowest BCUT2D eigenvalue weighted by Crippen LogP contribution is -2.44. The maximum Gasteiger partial charge on any atom is 0.310 e. The van der Waals surface area contributed by atoms with E-state index in [1.54, 1.807) is 9.25 Å². The summed E-state index contributed by atoms with van der Waals surface area (Å²) in [6.07, 6.45) is 3.60. The molecule has 0 radical (unpaired) electrons. The smallest absolute Gasteiger partial charge is 0.310 e. The summed E-state index contributed by atoms with van der Waals surface area (Å²) in [6.45, 7) is 12.1. The van der Waals surface area contributed by atoms with Crippen LogP contribution < -0.4 is 9.77 Å². The number of nitrogens with zero attached hydrogens (tertiary/aromatic N) is 5. The van der Waals surface area contributed by atoms with Crippen molar-refractivity contribution in [2.45, 2.75) is 51.4 Å². The first-order valence-corrected chi connectivity index (χ1v) is 17.9. The molecule has 1 aliphatic rings. The van der Waals surface area contributed by atoms with Gasteiger partial charge in [0.2, 0.25) is 0 Å². The summed E-state index contributed by atoms with van der Waals surface area (Å²) in [5, 5.41) is 14.2. The van der Waals surface area contributed by atoms with Crippen molar-refractivity contribution < 1.29 is 14.6 Å². The molecule has 5 rings (SSSR count). The Morgan fingerprint density at radius 3 is 2.82 bits per heavy atom. The average Bonchev–Trinajstić information content (AvgIpc) is 3.54. The van der Waals surface area contributed by atoms with E-state index in [2.05, 4.69) is 48.6 Å². The number of aliphatic hydroxyl groups is 1. The highest BCUT2D eigenvalue weighted by Gasteiger charge is 2.20. The van der Waals surface area contributed by atoms with Gasteiger partial charge in [0.1, 0.15) is 6.73 Å². The fourth-order valence-electron chi connectivity index (χ4n) is 4.64. The summed E-state index contributed by atoms with van der Waals surface area (Å²) in [4.78, 5) is 19.5. The topological polar surface area (TPSA) is 94.6 Å². The van der Waals surface area contributed by atoms with Gasteiger partial charge in [-0.25, -0.2) is 9.67 Å². The minimum atomic E-state index is -1.17. The van der Waals surface area contributed by atoms with Gasteiger partial charge in [-0.2, -0.15) is 24.7 Å². The molecule has 1 fully saturated rings. The Morgan fingerprint density at radius 1 is 1.23 bits per heavy atom. The van der Waals surface area contributed by atoms with Gasteiger partial charge >= 0.3 is 4.87 Å². The number of benzene rings is 1. The van der Waals surface area contributed by atoms with Crippen molar-refractivity contribution in [1.29, 1.82) is 0 Å². The summed E-state index contributed by atoms with van der Waals surface area (Å²) in [6, 6.07) is 13.3. The van der Waals surface area contributed by atoms with Gasteiger partial charge in [-0.3, -0.25) is 9.36 Å². The summed E-state index contributed by atoms with van der Waals surface area (Å²) in [5.74, 6) is 0.793. The van der Waals surface area contributed by atoms with Crippen molar-refractivity contribution >= 4 is 35.3 Å². The third-order valence-electron chi connectivity index (χ3n) is 7.14. The molecule has 11 heteroatoms. The minimum absolute atomic E-state index is 0.00515. The normalized spacial score (nSPS) is 17.2. The van der Waals surface area contributed by atoms with E-state index in [1.807, 2.05) is 36.7 Å². The van der Waals surface area contributed by atoms with Crippen molar-refractivity contribution in [2.75, 3.05) is 37.8 Å². The second-order valence-corrected chi connectivity index (χ2v) is 17.9. The summed E-state index contributed by atoms with van der Waals surface area (Å²) >= 11 is 1.26. The number of morpholine rings is 1. The molecule has 9 nitrogen and oxygen atoms in total. The van der Waals surface area contributed by atoms with E-state index >= 15 is 0 Å². The highest BCUT2D eigenvalue weighted by atomic mass is 32.1. The number of anilines is 1. The molecular formula is C28H37N5O4SSi-. The lowest BCUT2D eigenvalue weighted by atomic mass is 9.98. The van der Waals surface area contributed by atoms with E-state index in [9.17, 15) is 9.90 Å². The lowest BCUT2D eigenvalue weighted by molar-refractivity contribution is 0.00355. The molecule has 0 aliphatic carbocycles. The van der Waals surface area contributed by atoms with E-state index in [4.69, 9.17) is 14.6 Å². The van der Waals surface area contributed by atoms with Crippen LogP contribution in [0.3, 0.4) is 0 Å². The number of hydrogen-bond acceptors (Lipinski definition) is 8. The quantitative estimate of drug-likeness (QED) is 0.225. The van der Waals surface area contributed by atoms with Crippen LogP contribution in [0.4, 0.5) is 5.69 Å². The molecule has 0 spiro atoms. The molecule has 209 valence electrons. The van der Waals surface area contributed by atoms with Crippen molar-refractivity contribution in [2.24, 2.45) is 0 Å². The Bertz CT molecular complexity index is 1460. The Kier molecular flexibility index (Phi) is 8.34. The van der Waals surface area contributed by atoms with Crippen molar-refractivity contribution in [3.05, 3.63) is 69.7 Å². The van der Waals surface area contributed by atoms with Crippen LogP contribution >= 0.6 is 11.3 Å². The molecule has 1 aromatic carbocycles. The van der Waals surface area contributed by atoms with Crippen molar-refractivity contribution in [1.82, 2.24) is 19.3 Å². The predicted octanol–water partition coefficient (Wildman–Crippen LogP) is 4.31. The molecule has 39 heavy (non-hydrogen) atoms. The number of aliphatic hydroxyl groups excluding tert-OH is 1. The lowest BCUT2D eigenvalue weighted by Gasteiger charge is -2.33. The predicted molar refractivity (Wildman–Crippen MR) is 158 cm³/mol. The third-order valence-corrected chi connectivity index (χ3v) is 9.78. The van der Waals surface area contributed by atoms with Gasteiger partial charge in [0.05, 0.1) is 47.1 Å². The van der Waals surface area contributed by atoms with Crippen LogP contribution in [0.2, 0.25) is 25.7 Å². The van der Waals surface area contributed by atoms with Crippen LogP contribution in [0.15, 0.2) is 53.6 Å². The molecular weight excluding hydrogens is 530 g/mol. The second-order valence-electron chi connectivity index (χ2n) is 11.3. The van der Waals surface area contributed by atoms with E-state index in [0.29, 0.717) is 26.5 Å². The number of hydrogen-bond donors (Lipinski definition) is 1. The number of thiazole rings is 1. The first-order chi connectivity index (χ1) is 18.7. The van der Waals surface area contributed by atoms with Crippen molar-refractivity contribution in [3.63, 3.8) is 0 Å². The van der Waals surface area contributed by atoms with Crippen LogP contribution in [-0.2, 0) is 16.2 Å². The molecule has 0 saturated carbocycles. The molecule has 2 unspecified atom stereocenters. The number of ether oxygens (including phenoxy) is 2. The molecule has 4 aromatic rings. The summed E-state index contributed by atoms with van der Waals surface area (Å²) in [5.41, 5.74) is 3.95. The highest BCUT2D eigenvalue weighted by Crippen LogP contribution is 2.28. The Hall–Kier alpha value is -2.83. The number of pyridine rings is 1. The molecule has 2 atom stereocenters. The number of aromatic nitrogens is 4. The fourth-order valence-corrected chi connectivity index (χ4v) is 6.33. The molecule has 1 N–H and O–H groups in total. The molecule has 0 amide bonds. The molecule has 1 saturated heterocycles. The van der Waals surface area contributed by atoms with Crippen LogP contribution in [0.5, 0.6) is 0 Å². The second kappa shape index (κ2) is 11.7. The summed E-state index contributed by atoms with van der Waals surface area (Å²) < 4.78 is 15.9. The minimum Gasteiger partial charge on any atom is -0.394 e. The zero-order valence-corrected chi connectivity index (χ0v) is 24.9. The van der Waals surface area contributed by atoms with Crippen molar-refractivity contribution in [3.8, 4) is 5.82 Å². The van der Waals surface area contributed by atoms with E-state index in [1.165, 1.54) is 11.3 Å². The zero-order chi connectivity index (χ0) is 27.6. The average molecular weight is 568 g/mol. The maximum absolute atomic E-state index is 12.7. The van der Waals surface area contributed by atoms with Crippen LogP contribution in [-0.4, -0.2) is 71.5 Å². The third kappa shape index (κ3) is 6.50. The first-order valence-electron chi connectivity index (χ1n) is 13.4. The van der Waals surface area contributed by atoms with Gasteiger partial charge < -0.3 is 19.5 Å². The molecule has 1 aliphatic heterocycles. The van der Waals surface area contributed by atoms with Gasteiger partial charge in [-0.05, 0) is 35.9 Å². The number of rotatable bonds is 10. The van der Waals surface area contributed by atoms with Gasteiger partial charge in [-0.1, -0.05) is 24.3 Å². The van der Waals surface area contributed by atoms with Crippen LogP contribution in [0.25, 0.3) is 16.0 Å². The van der Waals surface area contributed by atoms with E-state index < -0.39 is 8.07 Å². The largest absolute Gasteiger partial charge is 0.394 e. The Labute approximate surface area is 233 Å². The van der Waals surface area contributed by atoms with Crippen LogP contribution in [0, 0.1) is 0 Å². The van der Waals surface area contributed by atoms with Crippen LogP contribution in [0.1, 0.15) is 24.1 Å². The SMILES string of the molecule is CC(c1ccc2c(c1)sc(=O)n2COCC[Si-](C)(C)C)c1ccn(-c2ccc(N3CCOC(CO)C3)cn2)n1. The van der Waals surface area contributed by atoms with E-state index in [0.717, 1.165) is 45.6 Å². The molecule has 4 heterocycles. The Balaban J connectivity index is 1.27. The summed E-state index contributed by atoms with van der Waals surface area (Å²) in [7, 11) is -1.17. The highest BCUT2D eigenvalue weighted by molar-refractivity contribution is 7.16. The van der Waals surface area contributed by atoms with Gasteiger partial charge in [0, 0.05) is 31.8 Å². The zero-order valence-electron chi connectivity index (χ0n) is 23.0. The van der Waals surface area contributed by atoms with Gasteiger partial charge in [-0.15, -0.1) is 14.1 Å². The Morgan fingerprint density at radius 2 is 2.08 bits per heavy atom. The van der Waals surface area contributed by atoms with E-state index in [-0.39, 0.29) is 23.5 Å².